The van der Waals surface area contributed by atoms with E-state index < -0.39 is 55.4 Å². The van der Waals surface area contributed by atoms with E-state index in [4.69, 9.17) is 14.6 Å². The molecule has 0 aromatic heterocycles. The van der Waals surface area contributed by atoms with Crippen molar-refractivity contribution >= 4 is 23.9 Å². The van der Waals surface area contributed by atoms with Gasteiger partial charge in [0.2, 0.25) is 11.8 Å². The molecule has 0 fully saturated rings. The van der Waals surface area contributed by atoms with Gasteiger partial charge in [0.25, 0.3) is 0 Å². The van der Waals surface area contributed by atoms with Crippen LogP contribution in [-0.4, -0.2) is 72.2 Å². The highest BCUT2D eigenvalue weighted by Crippen LogP contribution is 2.44. The van der Waals surface area contributed by atoms with Crippen molar-refractivity contribution in [3.63, 3.8) is 0 Å². The molecule has 0 bridgehead atoms. The van der Waals surface area contributed by atoms with Crippen LogP contribution in [-0.2, 0) is 30.3 Å². The smallest absolute Gasteiger partial charge is 0.407 e. The number of carboxylic acids is 1. The van der Waals surface area contributed by atoms with E-state index in [1.54, 1.807) is 30.3 Å². The summed E-state index contributed by atoms with van der Waals surface area (Å²) in [6.45, 7) is 2.67. The van der Waals surface area contributed by atoms with E-state index in [-0.39, 0.29) is 31.3 Å². The van der Waals surface area contributed by atoms with Gasteiger partial charge < -0.3 is 35.6 Å². The number of nitrogens with one attached hydrogen (secondary N) is 3. The van der Waals surface area contributed by atoms with E-state index in [1.807, 2.05) is 62.4 Å². The number of carbonyl (C=O) groups excluding carboxylic acids is 3. The molecular weight excluding hydrogens is 578 g/mol. The van der Waals surface area contributed by atoms with Crippen molar-refractivity contribution in [3.05, 3.63) is 95.6 Å². The topological polar surface area (TPSA) is 163 Å². The Morgan fingerprint density at radius 3 is 1.89 bits per heavy atom. The summed E-state index contributed by atoms with van der Waals surface area (Å²) < 4.78 is 10.4. The molecule has 3 amide bonds. The molecule has 11 nitrogen and oxygen atoms in total. The van der Waals surface area contributed by atoms with Crippen molar-refractivity contribution in [1.29, 1.82) is 0 Å². The van der Waals surface area contributed by atoms with Crippen LogP contribution in [0.15, 0.2) is 78.9 Å². The predicted molar refractivity (Wildman–Crippen MR) is 166 cm³/mol. The Balaban J connectivity index is 1.45. The third kappa shape index (κ3) is 8.90. The van der Waals surface area contributed by atoms with Gasteiger partial charge in [-0.15, -0.1) is 0 Å². The molecule has 0 saturated heterocycles. The van der Waals surface area contributed by atoms with E-state index >= 15 is 0 Å². The molecule has 3 atom stereocenters. The fourth-order valence-corrected chi connectivity index (χ4v) is 5.43. The highest BCUT2D eigenvalue weighted by molar-refractivity contribution is 5.93. The second-order valence-electron chi connectivity index (χ2n) is 11.3. The Kier molecular flexibility index (Phi) is 11.7. The van der Waals surface area contributed by atoms with Crippen molar-refractivity contribution in [2.24, 2.45) is 5.92 Å². The lowest BCUT2D eigenvalue weighted by Crippen LogP contribution is -2.57. The van der Waals surface area contributed by atoms with E-state index in [1.165, 1.54) is 0 Å². The largest absolute Gasteiger partial charge is 0.480 e. The van der Waals surface area contributed by atoms with Gasteiger partial charge in [-0.2, -0.15) is 0 Å². The van der Waals surface area contributed by atoms with Crippen LogP contribution < -0.4 is 16.0 Å². The maximum absolute atomic E-state index is 13.6. The van der Waals surface area contributed by atoms with Crippen molar-refractivity contribution in [2.45, 2.75) is 50.7 Å². The third-order valence-corrected chi connectivity index (χ3v) is 7.57. The zero-order valence-corrected chi connectivity index (χ0v) is 25.3. The second kappa shape index (κ2) is 15.8. The van der Waals surface area contributed by atoms with E-state index in [9.17, 15) is 24.3 Å². The maximum atomic E-state index is 13.6. The van der Waals surface area contributed by atoms with Crippen molar-refractivity contribution < 1.29 is 38.9 Å². The van der Waals surface area contributed by atoms with Crippen LogP contribution in [0.3, 0.4) is 0 Å². The van der Waals surface area contributed by atoms with Crippen LogP contribution in [0.5, 0.6) is 0 Å². The maximum Gasteiger partial charge on any atom is 0.407 e. The van der Waals surface area contributed by atoms with E-state index in [0.29, 0.717) is 0 Å². The zero-order valence-electron chi connectivity index (χ0n) is 25.3. The van der Waals surface area contributed by atoms with Gasteiger partial charge in [-0.1, -0.05) is 92.7 Å². The second-order valence-corrected chi connectivity index (χ2v) is 11.3. The minimum Gasteiger partial charge on any atom is -0.480 e. The molecule has 3 aromatic carbocycles. The molecule has 45 heavy (non-hydrogen) atoms. The number of aliphatic carboxylic acids is 1. The Morgan fingerprint density at radius 2 is 1.31 bits per heavy atom. The molecule has 0 saturated carbocycles. The van der Waals surface area contributed by atoms with Gasteiger partial charge in [0, 0.05) is 12.3 Å². The van der Waals surface area contributed by atoms with Crippen molar-refractivity contribution in [1.82, 2.24) is 16.0 Å². The fraction of sp³-hybridized carbons (Fsp3) is 0.353. The molecule has 0 radical (unpaired) electrons. The molecule has 11 heteroatoms. The summed E-state index contributed by atoms with van der Waals surface area (Å²) in [7, 11) is 0. The molecule has 5 N–H and O–H groups in total. The lowest BCUT2D eigenvalue weighted by Gasteiger charge is -2.25. The van der Waals surface area contributed by atoms with Gasteiger partial charge >= 0.3 is 12.1 Å². The average molecular weight is 618 g/mol. The van der Waals surface area contributed by atoms with Gasteiger partial charge in [-0.25, -0.2) is 9.59 Å². The molecule has 0 aliphatic heterocycles. The first-order chi connectivity index (χ1) is 21.7. The van der Waals surface area contributed by atoms with Crippen LogP contribution in [0.4, 0.5) is 4.79 Å². The number of aliphatic hydroxyl groups is 1. The average Bonchev–Trinajstić information content (AvgIpc) is 3.35. The number of rotatable bonds is 15. The standard InChI is InChI=1S/C34H39N3O8/c1-21(2)16-28(37-34(43)45-18-27-25-14-8-6-12-23(25)24-13-7-9-15-26(24)27)31(39)35-29(17-22-10-4-3-5-11-22)32(40)36-30(33(41)42)19-44-20-38/h3-15,21,27-30,38H,16-20H2,1-2H3,(H,35,39)(H,36,40)(H,37,43)(H,41,42)/t28-,29-,30-/m0/s1. The molecule has 0 spiro atoms. The summed E-state index contributed by atoms with van der Waals surface area (Å²) in [6.07, 6.45) is -0.447. The number of hydrogen-bond acceptors (Lipinski definition) is 7. The number of hydrogen-bond donors (Lipinski definition) is 5. The number of amides is 3. The summed E-state index contributed by atoms with van der Waals surface area (Å²) >= 11 is 0. The highest BCUT2D eigenvalue weighted by atomic mass is 16.6. The number of benzene rings is 3. The van der Waals surface area contributed by atoms with Crippen LogP contribution in [0.1, 0.15) is 42.9 Å². The summed E-state index contributed by atoms with van der Waals surface area (Å²) in [5, 5.41) is 26.1. The third-order valence-electron chi connectivity index (χ3n) is 7.57. The zero-order chi connectivity index (χ0) is 32.3. The lowest BCUT2D eigenvalue weighted by molar-refractivity contribution is -0.145. The molecule has 4 rings (SSSR count). The van der Waals surface area contributed by atoms with Crippen molar-refractivity contribution in [2.75, 3.05) is 20.0 Å². The van der Waals surface area contributed by atoms with Gasteiger partial charge in [-0.3, -0.25) is 9.59 Å². The van der Waals surface area contributed by atoms with Gasteiger partial charge in [-0.05, 0) is 40.2 Å². The first-order valence-corrected chi connectivity index (χ1v) is 14.9. The summed E-state index contributed by atoms with van der Waals surface area (Å²) in [4.78, 5) is 51.5. The molecule has 3 aromatic rings. The Morgan fingerprint density at radius 1 is 0.756 bits per heavy atom. The van der Waals surface area contributed by atoms with Gasteiger partial charge in [0.05, 0.1) is 6.61 Å². The van der Waals surface area contributed by atoms with Crippen LogP contribution in [0, 0.1) is 5.92 Å². The lowest BCUT2D eigenvalue weighted by atomic mass is 9.98. The molecule has 0 heterocycles. The first-order valence-electron chi connectivity index (χ1n) is 14.9. The van der Waals surface area contributed by atoms with Crippen molar-refractivity contribution in [3.8, 4) is 11.1 Å². The molecule has 1 aliphatic carbocycles. The highest BCUT2D eigenvalue weighted by Gasteiger charge is 2.32. The number of ether oxygens (including phenoxy) is 2. The minimum atomic E-state index is -1.45. The molecule has 0 unspecified atom stereocenters. The summed E-state index contributed by atoms with van der Waals surface area (Å²) in [6, 6.07) is 21.2. The van der Waals surface area contributed by atoms with Gasteiger partial charge in [0.1, 0.15) is 25.5 Å². The Labute approximate surface area is 261 Å². The molecule has 238 valence electrons. The molecule has 1 aliphatic rings. The Hall–Kier alpha value is -4.74. The number of carboxylic acid groups (broad SMARTS) is 1. The van der Waals surface area contributed by atoms with Gasteiger partial charge in [0.15, 0.2) is 6.04 Å². The first kappa shape index (κ1) is 33.2. The minimum absolute atomic E-state index is 0.00283. The predicted octanol–water partition coefficient (Wildman–Crippen LogP) is 3.20. The van der Waals surface area contributed by atoms with Crippen LogP contribution >= 0.6 is 0 Å². The molecular formula is C34H39N3O8. The number of carbonyl (C=O) groups is 4. The normalized spacial score (nSPS) is 14.0. The number of alkyl carbamates (subject to hydrolysis) is 1. The van der Waals surface area contributed by atoms with E-state index in [2.05, 4.69) is 16.0 Å². The number of fused-ring (bicyclic) bond motifs is 3. The van der Waals surface area contributed by atoms with Crippen LogP contribution in [0.2, 0.25) is 0 Å². The summed E-state index contributed by atoms with van der Waals surface area (Å²) in [5.74, 6) is -2.90. The van der Waals surface area contributed by atoms with Crippen LogP contribution in [0.25, 0.3) is 11.1 Å². The van der Waals surface area contributed by atoms with E-state index in [0.717, 1.165) is 27.8 Å². The Bertz CT molecular complexity index is 1430. The number of aliphatic hydroxyl groups excluding tert-OH is 1. The SMILES string of the molecule is CC(C)C[C@H](NC(=O)OCC1c2ccccc2-c2ccccc21)C(=O)N[C@@H](Cc1ccccc1)C(=O)N[C@@H](COCO)C(=O)O. The quantitative estimate of drug-likeness (QED) is 0.162. The monoisotopic (exact) mass is 617 g/mol. The fourth-order valence-electron chi connectivity index (χ4n) is 5.43. The summed E-state index contributed by atoms with van der Waals surface area (Å²) in [5.41, 5.74) is 5.02.